The SMILES string of the molecule is COc1cc(Cl)c(C)cc1NC(=O)CC1(CS)CC1. The molecular formula is C14H18ClNO2S. The highest BCUT2D eigenvalue weighted by Crippen LogP contribution is 2.49. The van der Waals surface area contributed by atoms with Crippen molar-refractivity contribution in [3.8, 4) is 5.75 Å². The second-order valence-corrected chi connectivity index (χ2v) is 5.91. The molecule has 0 unspecified atom stereocenters. The molecule has 19 heavy (non-hydrogen) atoms. The van der Waals surface area contributed by atoms with Gasteiger partial charge in [0.25, 0.3) is 0 Å². The molecule has 3 nitrogen and oxygen atoms in total. The maximum atomic E-state index is 12.1. The van der Waals surface area contributed by atoms with Crippen LogP contribution in [0.25, 0.3) is 0 Å². The van der Waals surface area contributed by atoms with Gasteiger partial charge in [0.15, 0.2) is 0 Å². The van der Waals surface area contributed by atoms with Gasteiger partial charge in [0.2, 0.25) is 5.91 Å². The first-order chi connectivity index (χ1) is 8.99. The number of amides is 1. The second-order valence-electron chi connectivity index (χ2n) is 5.18. The number of benzene rings is 1. The Morgan fingerprint density at radius 1 is 1.53 bits per heavy atom. The molecule has 0 atom stereocenters. The number of carbonyl (C=O) groups is 1. The van der Waals surface area contributed by atoms with Crippen molar-refractivity contribution in [2.24, 2.45) is 5.41 Å². The minimum atomic E-state index is 0.00609. The summed E-state index contributed by atoms with van der Waals surface area (Å²) in [6.45, 7) is 1.90. The van der Waals surface area contributed by atoms with Crippen molar-refractivity contribution >= 4 is 35.8 Å². The lowest BCUT2D eigenvalue weighted by atomic mass is 10.0. The number of hydrogen-bond donors (Lipinski definition) is 2. The molecule has 1 amide bonds. The number of anilines is 1. The molecule has 5 heteroatoms. The van der Waals surface area contributed by atoms with Gasteiger partial charge >= 0.3 is 0 Å². The molecule has 1 fully saturated rings. The summed E-state index contributed by atoms with van der Waals surface area (Å²) in [6.07, 6.45) is 2.68. The predicted molar refractivity (Wildman–Crippen MR) is 81.5 cm³/mol. The number of thiol groups is 1. The summed E-state index contributed by atoms with van der Waals surface area (Å²) in [6, 6.07) is 3.55. The fraction of sp³-hybridized carbons (Fsp3) is 0.500. The summed E-state index contributed by atoms with van der Waals surface area (Å²) in [5, 5.41) is 3.53. The van der Waals surface area contributed by atoms with Crippen molar-refractivity contribution < 1.29 is 9.53 Å². The van der Waals surface area contributed by atoms with E-state index in [0.717, 1.165) is 24.2 Å². The number of methoxy groups -OCH3 is 1. The van der Waals surface area contributed by atoms with Gasteiger partial charge in [-0.1, -0.05) is 11.6 Å². The van der Waals surface area contributed by atoms with Gasteiger partial charge in [-0.25, -0.2) is 0 Å². The smallest absolute Gasteiger partial charge is 0.225 e. The summed E-state index contributed by atoms with van der Waals surface area (Å²) in [5.74, 6) is 1.35. The van der Waals surface area contributed by atoms with E-state index in [9.17, 15) is 4.79 Å². The van der Waals surface area contributed by atoms with Crippen LogP contribution in [-0.4, -0.2) is 18.8 Å². The zero-order chi connectivity index (χ0) is 14.0. The Kier molecular flexibility index (Phi) is 4.31. The van der Waals surface area contributed by atoms with Crippen molar-refractivity contribution in [3.05, 3.63) is 22.7 Å². The first-order valence-electron chi connectivity index (χ1n) is 6.24. The van der Waals surface area contributed by atoms with Crippen LogP contribution in [0.3, 0.4) is 0 Å². The standard InChI is InChI=1S/C14H18ClNO2S/c1-9-5-11(12(18-2)6-10(9)15)16-13(17)7-14(8-19)3-4-14/h5-6,19H,3-4,7-8H2,1-2H3,(H,16,17). The lowest BCUT2D eigenvalue weighted by molar-refractivity contribution is -0.117. The maximum absolute atomic E-state index is 12.1. The Hall–Kier alpha value is -0.870. The van der Waals surface area contributed by atoms with Crippen LogP contribution in [0.2, 0.25) is 5.02 Å². The van der Waals surface area contributed by atoms with Gasteiger partial charge in [0.1, 0.15) is 5.75 Å². The lowest BCUT2D eigenvalue weighted by Crippen LogP contribution is -2.18. The number of hydrogen-bond acceptors (Lipinski definition) is 3. The van der Waals surface area contributed by atoms with Gasteiger partial charge in [-0.15, -0.1) is 0 Å². The molecule has 1 saturated carbocycles. The Morgan fingerprint density at radius 2 is 2.21 bits per heavy atom. The maximum Gasteiger partial charge on any atom is 0.225 e. The van der Waals surface area contributed by atoms with Crippen LogP contribution in [0.4, 0.5) is 5.69 Å². The average Bonchev–Trinajstić information content (AvgIpc) is 3.13. The van der Waals surface area contributed by atoms with Crippen molar-refractivity contribution in [1.82, 2.24) is 0 Å². The number of ether oxygens (including phenoxy) is 1. The molecule has 0 spiro atoms. The van der Waals surface area contributed by atoms with Crippen LogP contribution in [-0.2, 0) is 4.79 Å². The summed E-state index contributed by atoms with van der Waals surface area (Å²) in [7, 11) is 1.56. The Labute approximate surface area is 124 Å². The Bertz CT molecular complexity index is 500. The molecule has 2 rings (SSSR count). The van der Waals surface area contributed by atoms with Gasteiger partial charge in [-0.2, -0.15) is 12.6 Å². The highest BCUT2D eigenvalue weighted by Gasteiger charge is 2.42. The normalized spacial score (nSPS) is 16.0. The summed E-state index contributed by atoms with van der Waals surface area (Å²) in [5.41, 5.74) is 1.69. The molecule has 1 aliphatic carbocycles. The van der Waals surface area contributed by atoms with Crippen molar-refractivity contribution in [3.63, 3.8) is 0 Å². The van der Waals surface area contributed by atoms with E-state index >= 15 is 0 Å². The van der Waals surface area contributed by atoms with Gasteiger partial charge < -0.3 is 10.1 Å². The van der Waals surface area contributed by atoms with Crippen molar-refractivity contribution in [1.29, 1.82) is 0 Å². The van der Waals surface area contributed by atoms with E-state index in [-0.39, 0.29) is 11.3 Å². The molecule has 0 radical (unpaired) electrons. The average molecular weight is 300 g/mol. The molecule has 1 N–H and O–H groups in total. The van der Waals surface area contributed by atoms with Gasteiger partial charge in [0, 0.05) is 17.5 Å². The van der Waals surface area contributed by atoms with E-state index in [1.54, 1.807) is 13.2 Å². The quantitative estimate of drug-likeness (QED) is 0.814. The van der Waals surface area contributed by atoms with Crippen LogP contribution < -0.4 is 10.1 Å². The third-order valence-corrected chi connectivity index (χ3v) is 4.66. The second kappa shape index (κ2) is 5.63. The summed E-state index contributed by atoms with van der Waals surface area (Å²) in [4.78, 5) is 12.1. The molecular weight excluding hydrogens is 282 g/mol. The summed E-state index contributed by atoms with van der Waals surface area (Å²) >= 11 is 10.3. The highest BCUT2D eigenvalue weighted by molar-refractivity contribution is 7.80. The molecule has 0 saturated heterocycles. The van der Waals surface area contributed by atoms with Crippen molar-refractivity contribution in [2.75, 3.05) is 18.2 Å². The molecule has 1 aromatic carbocycles. The summed E-state index contributed by atoms with van der Waals surface area (Å²) < 4.78 is 5.24. The zero-order valence-electron chi connectivity index (χ0n) is 11.1. The lowest BCUT2D eigenvalue weighted by Gasteiger charge is -2.15. The van der Waals surface area contributed by atoms with Crippen LogP contribution >= 0.6 is 24.2 Å². The number of halogens is 1. The zero-order valence-corrected chi connectivity index (χ0v) is 12.8. The molecule has 1 aliphatic rings. The molecule has 0 heterocycles. The number of carbonyl (C=O) groups excluding carboxylic acids is 1. The van der Waals surface area contributed by atoms with Gasteiger partial charge in [0.05, 0.1) is 12.8 Å². The Morgan fingerprint density at radius 3 is 2.74 bits per heavy atom. The van der Waals surface area contributed by atoms with Gasteiger partial charge in [-0.05, 0) is 42.6 Å². The first-order valence-corrected chi connectivity index (χ1v) is 7.25. The number of aryl methyl sites for hydroxylation is 1. The predicted octanol–water partition coefficient (Wildman–Crippen LogP) is 3.70. The van der Waals surface area contributed by atoms with E-state index < -0.39 is 0 Å². The molecule has 0 aromatic heterocycles. The van der Waals surface area contributed by atoms with Crippen molar-refractivity contribution in [2.45, 2.75) is 26.2 Å². The monoisotopic (exact) mass is 299 g/mol. The largest absolute Gasteiger partial charge is 0.495 e. The van der Waals surface area contributed by atoms with Crippen LogP contribution in [0.1, 0.15) is 24.8 Å². The minimum absolute atomic E-state index is 0.00609. The highest BCUT2D eigenvalue weighted by atomic mass is 35.5. The third-order valence-electron chi connectivity index (χ3n) is 3.58. The topological polar surface area (TPSA) is 38.3 Å². The van der Waals surface area contributed by atoms with Gasteiger partial charge in [-0.3, -0.25) is 4.79 Å². The number of rotatable bonds is 5. The molecule has 1 aromatic rings. The molecule has 0 bridgehead atoms. The van der Waals surface area contributed by atoms with E-state index in [1.165, 1.54) is 0 Å². The first kappa shape index (κ1) is 14.5. The van der Waals surface area contributed by atoms with E-state index in [0.29, 0.717) is 22.9 Å². The minimum Gasteiger partial charge on any atom is -0.495 e. The van der Waals surface area contributed by atoms with Crippen LogP contribution in [0.5, 0.6) is 5.75 Å². The van der Waals surface area contributed by atoms with E-state index in [4.69, 9.17) is 16.3 Å². The fourth-order valence-corrected chi connectivity index (χ4v) is 2.61. The van der Waals surface area contributed by atoms with E-state index in [2.05, 4.69) is 17.9 Å². The third kappa shape index (κ3) is 3.37. The van der Waals surface area contributed by atoms with Crippen LogP contribution in [0.15, 0.2) is 12.1 Å². The fourth-order valence-electron chi connectivity index (χ4n) is 2.03. The molecule has 0 aliphatic heterocycles. The van der Waals surface area contributed by atoms with E-state index in [1.807, 2.05) is 13.0 Å². The number of nitrogens with one attached hydrogen (secondary N) is 1. The molecule has 104 valence electrons. The van der Waals surface area contributed by atoms with Crippen LogP contribution in [0, 0.1) is 12.3 Å². The Balaban J connectivity index is 2.10.